The first-order valence-electron chi connectivity index (χ1n) is 8.25. The van der Waals surface area contributed by atoms with Crippen LogP contribution in [0.1, 0.15) is 26.2 Å². The van der Waals surface area contributed by atoms with E-state index in [4.69, 9.17) is 4.74 Å². The second-order valence-corrected chi connectivity index (χ2v) is 7.02. The number of anilines is 1. The van der Waals surface area contributed by atoms with E-state index in [0.717, 1.165) is 38.4 Å². The molecule has 1 atom stereocenters. The Morgan fingerprint density at radius 3 is 2.88 bits per heavy atom. The van der Waals surface area contributed by atoms with Crippen LogP contribution in [0.3, 0.4) is 0 Å². The molecule has 24 heavy (non-hydrogen) atoms. The molecule has 1 saturated heterocycles. The Kier molecular flexibility index (Phi) is 7.58. The van der Waals surface area contributed by atoms with Crippen molar-refractivity contribution in [1.29, 1.82) is 0 Å². The molecule has 0 bridgehead atoms. The first-order valence-corrected chi connectivity index (χ1v) is 9.65. The third kappa shape index (κ3) is 6.16. The van der Waals surface area contributed by atoms with Crippen molar-refractivity contribution in [3.8, 4) is 0 Å². The molecule has 2 N–H and O–H groups in total. The molecule has 1 aromatic heterocycles. The minimum atomic E-state index is -0.520. The van der Waals surface area contributed by atoms with Gasteiger partial charge < -0.3 is 15.4 Å². The van der Waals surface area contributed by atoms with Gasteiger partial charge in [0, 0.05) is 32.9 Å². The lowest BCUT2D eigenvalue weighted by molar-refractivity contribution is -0.125. The van der Waals surface area contributed by atoms with Gasteiger partial charge in [-0.25, -0.2) is 0 Å². The fourth-order valence-electron chi connectivity index (χ4n) is 2.70. The fourth-order valence-corrected chi connectivity index (χ4v) is 3.17. The van der Waals surface area contributed by atoms with Gasteiger partial charge in [-0.2, -0.15) is 16.9 Å². The van der Waals surface area contributed by atoms with Crippen molar-refractivity contribution in [3.05, 3.63) is 12.4 Å². The molecule has 2 heterocycles. The molecule has 8 heteroatoms. The van der Waals surface area contributed by atoms with Crippen LogP contribution in [0.15, 0.2) is 12.4 Å². The number of thioether (sulfide) groups is 1. The van der Waals surface area contributed by atoms with Crippen LogP contribution in [-0.4, -0.2) is 52.9 Å². The third-order valence-electron chi connectivity index (χ3n) is 3.99. The Morgan fingerprint density at radius 2 is 2.21 bits per heavy atom. The molecule has 134 valence electrons. The maximum Gasteiger partial charge on any atom is 0.247 e. The van der Waals surface area contributed by atoms with Gasteiger partial charge in [-0.1, -0.05) is 0 Å². The summed E-state index contributed by atoms with van der Waals surface area (Å²) in [6.07, 6.45) is 8.15. The van der Waals surface area contributed by atoms with Crippen molar-refractivity contribution < 1.29 is 14.3 Å². The van der Waals surface area contributed by atoms with Gasteiger partial charge in [0.1, 0.15) is 6.04 Å². The summed E-state index contributed by atoms with van der Waals surface area (Å²) < 4.78 is 7.22. The lowest BCUT2D eigenvalue weighted by atomic mass is 10.0. The Morgan fingerprint density at radius 1 is 1.46 bits per heavy atom. The predicted octanol–water partition coefficient (Wildman–Crippen LogP) is 1.51. The molecule has 2 rings (SSSR count). The van der Waals surface area contributed by atoms with Gasteiger partial charge >= 0.3 is 0 Å². The van der Waals surface area contributed by atoms with E-state index < -0.39 is 6.04 Å². The number of hydrogen-bond donors (Lipinski definition) is 2. The monoisotopic (exact) mass is 354 g/mol. The van der Waals surface area contributed by atoms with E-state index >= 15 is 0 Å². The van der Waals surface area contributed by atoms with Crippen molar-refractivity contribution in [2.24, 2.45) is 5.92 Å². The highest BCUT2D eigenvalue weighted by molar-refractivity contribution is 7.98. The van der Waals surface area contributed by atoms with E-state index in [1.54, 1.807) is 18.0 Å². The number of ether oxygens (including phenoxy) is 1. The summed E-state index contributed by atoms with van der Waals surface area (Å²) in [6, 6.07) is -0.520. The van der Waals surface area contributed by atoms with Crippen molar-refractivity contribution in [2.45, 2.75) is 38.8 Å². The summed E-state index contributed by atoms with van der Waals surface area (Å²) in [5.41, 5.74) is 0.659. The second-order valence-electron chi connectivity index (χ2n) is 6.03. The van der Waals surface area contributed by atoms with E-state index in [-0.39, 0.29) is 11.8 Å². The van der Waals surface area contributed by atoms with Crippen LogP contribution in [-0.2, 0) is 20.9 Å². The van der Waals surface area contributed by atoms with Gasteiger partial charge in [0.2, 0.25) is 11.8 Å². The minimum absolute atomic E-state index is 0.202. The molecule has 0 saturated carbocycles. The predicted molar refractivity (Wildman–Crippen MR) is 95.0 cm³/mol. The highest BCUT2D eigenvalue weighted by Crippen LogP contribution is 2.17. The quantitative estimate of drug-likeness (QED) is 0.739. The summed E-state index contributed by atoms with van der Waals surface area (Å²) in [4.78, 5) is 23.6. The molecule has 0 aliphatic carbocycles. The summed E-state index contributed by atoms with van der Waals surface area (Å²) >= 11 is 1.65. The molecule has 1 fully saturated rings. The summed E-state index contributed by atoms with van der Waals surface area (Å²) in [5.74, 6) is 0.966. The largest absolute Gasteiger partial charge is 0.381 e. The maximum absolute atomic E-state index is 12.4. The average Bonchev–Trinajstić information content (AvgIpc) is 2.99. The lowest BCUT2D eigenvalue weighted by Gasteiger charge is -2.21. The van der Waals surface area contributed by atoms with Crippen molar-refractivity contribution in [1.82, 2.24) is 15.1 Å². The van der Waals surface area contributed by atoms with Gasteiger partial charge in [0.05, 0.1) is 11.9 Å². The molecule has 1 aliphatic rings. The fraction of sp³-hybridized carbons (Fsp3) is 0.688. The lowest BCUT2D eigenvalue weighted by Crippen LogP contribution is -2.43. The van der Waals surface area contributed by atoms with Crippen LogP contribution in [0.4, 0.5) is 5.69 Å². The molecule has 1 aliphatic heterocycles. The molecule has 0 aromatic carbocycles. The van der Waals surface area contributed by atoms with Crippen molar-refractivity contribution in [2.75, 3.05) is 30.5 Å². The number of hydrogen-bond acceptors (Lipinski definition) is 5. The second kappa shape index (κ2) is 9.68. The third-order valence-corrected chi connectivity index (χ3v) is 4.64. The van der Waals surface area contributed by atoms with E-state index in [2.05, 4.69) is 15.7 Å². The summed E-state index contributed by atoms with van der Waals surface area (Å²) in [6.45, 7) is 3.87. The first-order chi connectivity index (χ1) is 11.6. The SMILES string of the molecule is CSCC[C@@H](NC(C)=O)C(=O)Nc1cnn(CC2CCOCC2)c1. The van der Waals surface area contributed by atoms with Crippen LogP contribution in [0.2, 0.25) is 0 Å². The zero-order valence-corrected chi connectivity index (χ0v) is 15.1. The minimum Gasteiger partial charge on any atom is -0.381 e. The van der Waals surface area contributed by atoms with Crippen LogP contribution in [0, 0.1) is 5.92 Å². The van der Waals surface area contributed by atoms with E-state index in [9.17, 15) is 9.59 Å². The molecule has 0 radical (unpaired) electrons. The molecule has 0 spiro atoms. The van der Waals surface area contributed by atoms with Gasteiger partial charge in [-0.15, -0.1) is 0 Å². The van der Waals surface area contributed by atoms with Crippen LogP contribution in [0.25, 0.3) is 0 Å². The molecule has 0 unspecified atom stereocenters. The number of carbonyl (C=O) groups is 2. The standard InChI is InChI=1S/C16H26N4O3S/c1-12(21)18-15(5-8-24-2)16(22)19-14-9-17-20(11-14)10-13-3-6-23-7-4-13/h9,11,13,15H,3-8,10H2,1-2H3,(H,18,21)(H,19,22)/t15-/m1/s1. The van der Waals surface area contributed by atoms with Gasteiger partial charge in [0.25, 0.3) is 0 Å². The van der Waals surface area contributed by atoms with Gasteiger partial charge in [-0.3, -0.25) is 14.3 Å². The van der Waals surface area contributed by atoms with Crippen molar-refractivity contribution >= 4 is 29.3 Å². The van der Waals surface area contributed by atoms with E-state index in [0.29, 0.717) is 18.0 Å². The number of rotatable bonds is 8. The maximum atomic E-state index is 12.4. The number of amides is 2. The molecular weight excluding hydrogens is 328 g/mol. The van der Waals surface area contributed by atoms with Crippen molar-refractivity contribution in [3.63, 3.8) is 0 Å². The molecule has 7 nitrogen and oxygen atoms in total. The number of aromatic nitrogens is 2. The topological polar surface area (TPSA) is 85.3 Å². The number of nitrogens with zero attached hydrogens (tertiary/aromatic N) is 2. The average molecular weight is 354 g/mol. The van der Waals surface area contributed by atoms with Gasteiger partial charge in [-0.05, 0) is 37.2 Å². The Balaban J connectivity index is 1.88. The zero-order valence-electron chi connectivity index (χ0n) is 14.3. The summed E-state index contributed by atoms with van der Waals surface area (Å²) in [7, 11) is 0. The summed E-state index contributed by atoms with van der Waals surface area (Å²) in [5, 5.41) is 9.86. The molecule has 2 amide bonds. The van der Waals surface area contributed by atoms with Crippen LogP contribution < -0.4 is 10.6 Å². The first kappa shape index (κ1) is 18.8. The highest BCUT2D eigenvalue weighted by atomic mass is 32.2. The normalized spacial score (nSPS) is 16.6. The highest BCUT2D eigenvalue weighted by Gasteiger charge is 2.20. The zero-order chi connectivity index (χ0) is 17.4. The number of carbonyl (C=O) groups excluding carboxylic acids is 2. The Labute approximate surface area is 146 Å². The smallest absolute Gasteiger partial charge is 0.247 e. The number of nitrogens with one attached hydrogen (secondary N) is 2. The van der Waals surface area contributed by atoms with Crippen LogP contribution in [0.5, 0.6) is 0 Å². The molecular formula is C16H26N4O3S. The molecule has 1 aromatic rings. The van der Waals surface area contributed by atoms with Gasteiger partial charge in [0.15, 0.2) is 0 Å². The Hall–Kier alpha value is -1.54. The Bertz CT molecular complexity index is 543. The van der Waals surface area contributed by atoms with E-state index in [1.807, 2.05) is 17.1 Å². The van der Waals surface area contributed by atoms with E-state index in [1.165, 1.54) is 6.92 Å². The van der Waals surface area contributed by atoms with Crippen LogP contribution >= 0.6 is 11.8 Å².